The Morgan fingerprint density at radius 3 is 2.50 bits per heavy atom. The van der Waals surface area contributed by atoms with Gasteiger partial charge in [0.1, 0.15) is 17.1 Å². The zero-order valence-electron chi connectivity index (χ0n) is 18.6. The molecule has 3 rings (SSSR count). The van der Waals surface area contributed by atoms with Crippen molar-refractivity contribution >= 4 is 16.8 Å². The molecule has 0 bridgehead atoms. The number of carbonyl (C=O) groups is 1. The van der Waals surface area contributed by atoms with E-state index in [2.05, 4.69) is 33.0 Å². The van der Waals surface area contributed by atoms with Crippen molar-refractivity contribution in [3.05, 3.63) is 65.4 Å². The number of para-hydroxylation sites is 1. The number of ketones is 1. The van der Waals surface area contributed by atoms with Gasteiger partial charge in [0, 0.05) is 17.4 Å². The number of ether oxygens (including phenoxy) is 1. The Morgan fingerprint density at radius 1 is 1.07 bits per heavy atom. The summed E-state index contributed by atoms with van der Waals surface area (Å²) in [6.07, 6.45) is 2.62. The molecule has 1 heterocycles. The first-order valence-electron chi connectivity index (χ1n) is 10.9. The first-order valence-corrected chi connectivity index (χ1v) is 10.9. The van der Waals surface area contributed by atoms with Gasteiger partial charge >= 0.3 is 0 Å². The van der Waals surface area contributed by atoms with Crippen LogP contribution in [0.15, 0.2) is 52.9 Å². The Hall–Kier alpha value is -2.59. The maximum absolute atomic E-state index is 13.2. The highest BCUT2D eigenvalue weighted by atomic mass is 16.5. The molecular weight excluding hydrogens is 374 g/mol. The van der Waals surface area contributed by atoms with Crippen LogP contribution in [-0.4, -0.2) is 25.5 Å². The fraction of sp³-hybridized carbons (Fsp3) is 0.423. The molecule has 1 aromatic heterocycles. The van der Waals surface area contributed by atoms with Gasteiger partial charge in [0.15, 0.2) is 5.78 Å². The Labute approximate surface area is 179 Å². The Kier molecular flexibility index (Phi) is 7.33. The van der Waals surface area contributed by atoms with Gasteiger partial charge in [-0.2, -0.15) is 0 Å². The van der Waals surface area contributed by atoms with Crippen molar-refractivity contribution in [2.45, 2.75) is 47.0 Å². The van der Waals surface area contributed by atoms with Gasteiger partial charge in [-0.15, -0.1) is 0 Å². The number of furan rings is 1. The van der Waals surface area contributed by atoms with E-state index in [0.717, 1.165) is 54.8 Å². The summed E-state index contributed by atoms with van der Waals surface area (Å²) in [6, 6.07) is 15.2. The van der Waals surface area contributed by atoms with E-state index >= 15 is 0 Å². The summed E-state index contributed by atoms with van der Waals surface area (Å²) in [7, 11) is 0. The lowest BCUT2D eigenvalue weighted by atomic mass is 9.97. The van der Waals surface area contributed by atoms with Gasteiger partial charge in [-0.3, -0.25) is 4.79 Å². The molecule has 0 atom stereocenters. The lowest BCUT2D eigenvalue weighted by molar-refractivity contribution is 0.103. The molecule has 0 spiro atoms. The molecular formula is C26H33NO3. The molecule has 0 aliphatic heterocycles. The van der Waals surface area contributed by atoms with Crippen molar-refractivity contribution in [1.82, 2.24) is 5.32 Å². The average molecular weight is 408 g/mol. The summed E-state index contributed by atoms with van der Waals surface area (Å²) in [4.78, 5) is 13.2. The van der Waals surface area contributed by atoms with Crippen molar-refractivity contribution in [3.8, 4) is 5.75 Å². The van der Waals surface area contributed by atoms with E-state index in [1.807, 2.05) is 48.5 Å². The maximum atomic E-state index is 13.2. The monoisotopic (exact) mass is 407 g/mol. The lowest BCUT2D eigenvalue weighted by Gasteiger charge is -2.18. The van der Waals surface area contributed by atoms with Crippen LogP contribution in [0.2, 0.25) is 0 Å². The third kappa shape index (κ3) is 5.73. The van der Waals surface area contributed by atoms with Crippen LogP contribution in [0.1, 0.15) is 62.2 Å². The van der Waals surface area contributed by atoms with Crippen molar-refractivity contribution in [3.63, 3.8) is 0 Å². The second-order valence-electron chi connectivity index (χ2n) is 8.94. The van der Waals surface area contributed by atoms with Crippen LogP contribution in [0, 0.1) is 5.41 Å². The van der Waals surface area contributed by atoms with Crippen LogP contribution in [0.5, 0.6) is 5.75 Å². The first-order chi connectivity index (χ1) is 14.4. The number of aryl methyl sites for hydroxylation is 1. The van der Waals surface area contributed by atoms with Crippen LogP contribution < -0.4 is 10.1 Å². The van der Waals surface area contributed by atoms with Crippen molar-refractivity contribution in [1.29, 1.82) is 0 Å². The molecule has 160 valence electrons. The van der Waals surface area contributed by atoms with Gasteiger partial charge in [0.25, 0.3) is 0 Å². The molecule has 0 saturated carbocycles. The number of hydrogen-bond acceptors (Lipinski definition) is 4. The summed E-state index contributed by atoms with van der Waals surface area (Å²) in [5.74, 6) is 1.56. The van der Waals surface area contributed by atoms with Crippen LogP contribution in [0.4, 0.5) is 0 Å². The fourth-order valence-electron chi connectivity index (χ4n) is 3.45. The normalized spacial score (nSPS) is 11.7. The van der Waals surface area contributed by atoms with Crippen LogP contribution in [0.3, 0.4) is 0 Å². The second-order valence-corrected chi connectivity index (χ2v) is 8.94. The molecule has 0 unspecified atom stereocenters. The van der Waals surface area contributed by atoms with Crippen LogP contribution in [0.25, 0.3) is 11.0 Å². The molecule has 0 aliphatic rings. The molecule has 3 aromatic rings. The summed E-state index contributed by atoms with van der Waals surface area (Å²) < 4.78 is 11.8. The first kappa shape index (κ1) is 22.1. The number of carbonyl (C=O) groups excluding carboxylic acids is 1. The van der Waals surface area contributed by atoms with E-state index in [1.165, 1.54) is 0 Å². The molecule has 0 radical (unpaired) electrons. The topological polar surface area (TPSA) is 51.5 Å². The lowest BCUT2D eigenvalue weighted by Crippen LogP contribution is -2.28. The molecule has 4 heteroatoms. The van der Waals surface area contributed by atoms with Gasteiger partial charge in [0.05, 0.1) is 12.2 Å². The van der Waals surface area contributed by atoms with Crippen LogP contribution in [-0.2, 0) is 6.42 Å². The SMILES string of the molecule is CCCc1oc2ccccc2c1C(=O)c1ccc(OCCCNCC(C)(C)C)cc1. The van der Waals surface area contributed by atoms with E-state index in [-0.39, 0.29) is 5.78 Å². The highest BCUT2D eigenvalue weighted by molar-refractivity contribution is 6.16. The smallest absolute Gasteiger partial charge is 0.197 e. The molecule has 0 amide bonds. The highest BCUT2D eigenvalue weighted by Crippen LogP contribution is 2.29. The van der Waals surface area contributed by atoms with Gasteiger partial charge < -0.3 is 14.5 Å². The predicted molar refractivity (Wildman–Crippen MR) is 123 cm³/mol. The minimum Gasteiger partial charge on any atom is -0.494 e. The molecule has 2 aromatic carbocycles. The standard InChI is InChI=1S/C26H33NO3/c1-5-9-23-24(21-10-6-7-11-22(21)30-23)25(28)19-12-14-20(15-13-19)29-17-8-16-27-18-26(2,3)4/h6-7,10-15,27H,5,8-9,16-18H2,1-4H3. The highest BCUT2D eigenvalue weighted by Gasteiger charge is 2.21. The summed E-state index contributed by atoms with van der Waals surface area (Å²) in [5.41, 5.74) is 2.40. The van der Waals surface area contributed by atoms with Crippen molar-refractivity contribution in [2.24, 2.45) is 5.41 Å². The van der Waals surface area contributed by atoms with E-state index in [1.54, 1.807) is 0 Å². The summed E-state index contributed by atoms with van der Waals surface area (Å²) in [6.45, 7) is 11.3. The summed E-state index contributed by atoms with van der Waals surface area (Å²) >= 11 is 0. The quantitative estimate of drug-likeness (QED) is 0.330. The molecule has 0 fully saturated rings. The largest absolute Gasteiger partial charge is 0.494 e. The minimum atomic E-state index is 0.00123. The van der Waals surface area contributed by atoms with E-state index in [9.17, 15) is 4.79 Å². The van der Waals surface area contributed by atoms with E-state index < -0.39 is 0 Å². The number of benzene rings is 2. The van der Waals surface area contributed by atoms with E-state index in [0.29, 0.717) is 23.1 Å². The number of rotatable bonds is 10. The zero-order valence-corrected chi connectivity index (χ0v) is 18.6. The Bertz CT molecular complexity index is 964. The minimum absolute atomic E-state index is 0.00123. The third-order valence-electron chi connectivity index (χ3n) is 4.91. The molecule has 1 N–H and O–H groups in total. The Balaban J connectivity index is 1.62. The second kappa shape index (κ2) is 9.94. The maximum Gasteiger partial charge on any atom is 0.197 e. The molecule has 0 saturated heterocycles. The Morgan fingerprint density at radius 2 is 1.80 bits per heavy atom. The van der Waals surface area contributed by atoms with Crippen LogP contribution >= 0.6 is 0 Å². The fourth-order valence-corrected chi connectivity index (χ4v) is 3.45. The van der Waals surface area contributed by atoms with E-state index in [4.69, 9.17) is 9.15 Å². The van der Waals surface area contributed by atoms with Gasteiger partial charge in [-0.1, -0.05) is 45.9 Å². The predicted octanol–water partition coefficient (Wildman–Crippen LogP) is 6.02. The zero-order chi connectivity index (χ0) is 21.6. The number of hydrogen-bond donors (Lipinski definition) is 1. The molecule has 0 aliphatic carbocycles. The summed E-state index contributed by atoms with van der Waals surface area (Å²) in [5, 5.41) is 4.33. The van der Waals surface area contributed by atoms with Crippen molar-refractivity contribution < 1.29 is 13.9 Å². The van der Waals surface area contributed by atoms with Gasteiger partial charge in [0.2, 0.25) is 0 Å². The van der Waals surface area contributed by atoms with Gasteiger partial charge in [-0.05, 0) is 61.7 Å². The average Bonchev–Trinajstić information content (AvgIpc) is 3.08. The molecule has 30 heavy (non-hydrogen) atoms. The molecule has 4 nitrogen and oxygen atoms in total. The van der Waals surface area contributed by atoms with Gasteiger partial charge in [-0.25, -0.2) is 0 Å². The number of nitrogens with one attached hydrogen (secondary N) is 1. The third-order valence-corrected chi connectivity index (χ3v) is 4.91. The number of fused-ring (bicyclic) bond motifs is 1. The van der Waals surface area contributed by atoms with Crippen molar-refractivity contribution in [2.75, 3.05) is 19.7 Å².